The highest BCUT2D eigenvalue weighted by atomic mass is 32.1. The number of likely N-dealkylation sites (tertiary alicyclic amines) is 1. The molecule has 1 N–H and O–H groups in total. The fourth-order valence-corrected chi connectivity index (χ4v) is 5.59. The van der Waals surface area contributed by atoms with Gasteiger partial charge in [-0.25, -0.2) is 4.79 Å². The summed E-state index contributed by atoms with van der Waals surface area (Å²) in [6.45, 7) is 2.70. The van der Waals surface area contributed by atoms with Crippen LogP contribution in [0.15, 0.2) is 48.5 Å². The number of nitrogens with zero attached hydrogens (tertiary/aromatic N) is 1. The predicted molar refractivity (Wildman–Crippen MR) is 142 cm³/mol. The topological polar surface area (TPSA) is 66.8 Å². The maximum absolute atomic E-state index is 12.4. The number of ether oxygens (including phenoxy) is 1. The molecular weight excluding hydrogens is 458 g/mol. The van der Waals surface area contributed by atoms with Crippen LogP contribution in [0.3, 0.4) is 0 Å². The lowest BCUT2D eigenvalue weighted by Crippen LogP contribution is -2.34. The van der Waals surface area contributed by atoms with E-state index in [-0.39, 0.29) is 29.9 Å². The number of aliphatic hydroxyl groups is 1. The fraction of sp³-hybridized carbons (Fsp3) is 0.517. The van der Waals surface area contributed by atoms with E-state index >= 15 is 0 Å². The number of hydrogen-bond donors (Lipinski definition) is 1. The Morgan fingerprint density at radius 3 is 2.74 bits per heavy atom. The molecule has 1 aliphatic rings. The molecule has 1 aliphatic heterocycles. The minimum absolute atomic E-state index is 0.182. The monoisotopic (exact) mass is 497 g/mol. The molecule has 2 heterocycles. The summed E-state index contributed by atoms with van der Waals surface area (Å²) in [6.07, 6.45) is 12.3. The fourth-order valence-electron chi connectivity index (χ4n) is 4.74. The Morgan fingerprint density at radius 2 is 1.97 bits per heavy atom. The molecule has 0 bridgehead atoms. The lowest BCUT2D eigenvalue weighted by Gasteiger charge is -2.26. The Hall–Kier alpha value is -2.44. The van der Waals surface area contributed by atoms with Gasteiger partial charge in [-0.1, -0.05) is 56.2 Å². The molecule has 0 unspecified atom stereocenters. The van der Waals surface area contributed by atoms with Crippen LogP contribution in [0.4, 0.5) is 0 Å². The zero-order valence-corrected chi connectivity index (χ0v) is 21.8. The first-order chi connectivity index (χ1) is 17.0. The van der Waals surface area contributed by atoms with Gasteiger partial charge in [0.05, 0.1) is 13.2 Å². The van der Waals surface area contributed by atoms with E-state index in [1.807, 2.05) is 23.1 Å². The number of carbonyl (C=O) groups is 2. The van der Waals surface area contributed by atoms with Gasteiger partial charge in [0.25, 0.3) is 0 Å². The smallest absolute Gasteiger partial charge is 0.348 e. The summed E-state index contributed by atoms with van der Waals surface area (Å²) < 4.78 is 4.75. The van der Waals surface area contributed by atoms with Crippen LogP contribution in [-0.4, -0.2) is 47.7 Å². The molecule has 1 aromatic heterocycles. The third-order valence-electron chi connectivity index (χ3n) is 6.97. The standard InChI is InChI=1S/C29H39NO4S/c1-22(10-5-3-6-11-23-12-7-4-8-13-23)26(31)18-15-24-16-20-28(32)30(24)21-9-14-25-17-19-27(35-25)29(33)34-2/h4,7-9,12-14,17,19,22,24,26,31H,3,5-6,10-11,15-16,18,20-21H2,1-2H3/t22-,24-,26+/m0/s1. The van der Waals surface area contributed by atoms with E-state index in [2.05, 4.69) is 37.3 Å². The first-order valence-electron chi connectivity index (χ1n) is 12.8. The van der Waals surface area contributed by atoms with E-state index < -0.39 is 0 Å². The maximum atomic E-state index is 12.4. The van der Waals surface area contributed by atoms with Crippen molar-refractivity contribution < 1.29 is 19.4 Å². The predicted octanol–water partition coefficient (Wildman–Crippen LogP) is 6.12. The zero-order chi connectivity index (χ0) is 25.0. The number of carbonyl (C=O) groups excluding carboxylic acids is 2. The molecule has 6 heteroatoms. The zero-order valence-electron chi connectivity index (χ0n) is 21.0. The second kappa shape index (κ2) is 14.2. The molecule has 3 atom stereocenters. The number of rotatable bonds is 14. The lowest BCUT2D eigenvalue weighted by molar-refractivity contribution is -0.128. The minimum Gasteiger partial charge on any atom is -0.465 e. The van der Waals surface area contributed by atoms with Crippen LogP contribution in [0.2, 0.25) is 0 Å². The largest absolute Gasteiger partial charge is 0.465 e. The van der Waals surface area contributed by atoms with Gasteiger partial charge in [0.15, 0.2) is 0 Å². The number of esters is 1. The first-order valence-corrected chi connectivity index (χ1v) is 13.7. The van der Waals surface area contributed by atoms with Crippen molar-refractivity contribution in [1.29, 1.82) is 0 Å². The van der Waals surface area contributed by atoms with Crippen LogP contribution in [0.5, 0.6) is 0 Å². The number of aryl methyl sites for hydroxylation is 1. The molecule has 1 fully saturated rings. The molecule has 2 aromatic rings. The van der Waals surface area contributed by atoms with Crippen molar-refractivity contribution in [3.05, 3.63) is 63.9 Å². The Morgan fingerprint density at radius 1 is 1.17 bits per heavy atom. The van der Waals surface area contributed by atoms with Gasteiger partial charge in [0.2, 0.25) is 5.91 Å². The van der Waals surface area contributed by atoms with E-state index in [9.17, 15) is 14.7 Å². The maximum Gasteiger partial charge on any atom is 0.348 e. The summed E-state index contributed by atoms with van der Waals surface area (Å²) in [4.78, 5) is 27.5. The average Bonchev–Trinajstić information content (AvgIpc) is 3.49. The number of methoxy groups -OCH3 is 1. The van der Waals surface area contributed by atoms with E-state index in [1.54, 1.807) is 6.07 Å². The Bertz CT molecular complexity index is 955. The third-order valence-corrected chi connectivity index (χ3v) is 8.00. The van der Waals surface area contributed by atoms with Crippen molar-refractivity contribution in [1.82, 2.24) is 4.90 Å². The highest BCUT2D eigenvalue weighted by molar-refractivity contribution is 7.14. The van der Waals surface area contributed by atoms with Gasteiger partial charge in [0, 0.05) is 23.9 Å². The van der Waals surface area contributed by atoms with Crippen LogP contribution >= 0.6 is 11.3 Å². The summed E-state index contributed by atoms with van der Waals surface area (Å²) in [5.41, 5.74) is 1.40. The van der Waals surface area contributed by atoms with Crippen molar-refractivity contribution in [2.24, 2.45) is 5.92 Å². The van der Waals surface area contributed by atoms with Crippen LogP contribution in [0, 0.1) is 5.92 Å². The normalized spacial score (nSPS) is 17.7. The Labute approximate surface area is 213 Å². The highest BCUT2D eigenvalue weighted by Crippen LogP contribution is 2.26. The van der Waals surface area contributed by atoms with Gasteiger partial charge in [-0.2, -0.15) is 0 Å². The lowest BCUT2D eigenvalue weighted by atomic mass is 9.92. The average molecular weight is 498 g/mol. The molecule has 35 heavy (non-hydrogen) atoms. The Balaban J connectivity index is 1.36. The summed E-state index contributed by atoms with van der Waals surface area (Å²) >= 11 is 1.38. The third kappa shape index (κ3) is 8.62. The van der Waals surface area contributed by atoms with E-state index in [0.29, 0.717) is 17.8 Å². The van der Waals surface area contributed by atoms with Crippen molar-refractivity contribution in [2.45, 2.75) is 76.9 Å². The quantitative estimate of drug-likeness (QED) is 0.252. The van der Waals surface area contributed by atoms with E-state index in [1.165, 1.54) is 36.9 Å². The summed E-state index contributed by atoms with van der Waals surface area (Å²) in [5.74, 6) is 0.131. The van der Waals surface area contributed by atoms with Crippen molar-refractivity contribution in [2.75, 3.05) is 13.7 Å². The van der Waals surface area contributed by atoms with Crippen molar-refractivity contribution >= 4 is 29.3 Å². The molecule has 1 amide bonds. The first kappa shape index (κ1) is 27.2. The second-order valence-corrected chi connectivity index (χ2v) is 10.7. The van der Waals surface area contributed by atoms with Gasteiger partial charge < -0.3 is 14.7 Å². The summed E-state index contributed by atoms with van der Waals surface area (Å²) in [5, 5.41) is 10.7. The minimum atomic E-state index is -0.329. The highest BCUT2D eigenvalue weighted by Gasteiger charge is 2.30. The molecule has 5 nitrogen and oxygen atoms in total. The van der Waals surface area contributed by atoms with E-state index in [0.717, 1.165) is 43.4 Å². The number of unbranched alkanes of at least 4 members (excludes halogenated alkanes) is 2. The van der Waals surface area contributed by atoms with Crippen LogP contribution < -0.4 is 0 Å². The Kier molecular flexibility index (Phi) is 11.0. The van der Waals surface area contributed by atoms with Crippen LogP contribution in [0.25, 0.3) is 6.08 Å². The molecule has 0 radical (unpaired) electrons. The molecule has 190 valence electrons. The number of aliphatic hydroxyl groups excluding tert-OH is 1. The van der Waals surface area contributed by atoms with Crippen molar-refractivity contribution in [3.63, 3.8) is 0 Å². The van der Waals surface area contributed by atoms with Crippen molar-refractivity contribution in [3.8, 4) is 0 Å². The number of benzene rings is 1. The molecule has 1 aromatic carbocycles. The van der Waals surface area contributed by atoms with Crippen LogP contribution in [-0.2, 0) is 16.0 Å². The van der Waals surface area contributed by atoms with Crippen LogP contribution in [0.1, 0.15) is 78.4 Å². The summed E-state index contributed by atoms with van der Waals surface area (Å²) in [7, 11) is 1.38. The molecule has 1 saturated heterocycles. The molecule has 3 rings (SSSR count). The number of thiophene rings is 1. The molecule has 0 spiro atoms. The summed E-state index contributed by atoms with van der Waals surface area (Å²) in [6, 6.07) is 14.4. The number of amides is 1. The second-order valence-electron chi connectivity index (χ2n) is 9.54. The molecule has 0 saturated carbocycles. The van der Waals surface area contributed by atoms with Gasteiger partial charge in [-0.3, -0.25) is 4.79 Å². The molecule has 0 aliphatic carbocycles. The van der Waals surface area contributed by atoms with Gasteiger partial charge >= 0.3 is 5.97 Å². The van der Waals surface area contributed by atoms with Gasteiger partial charge in [-0.05, 0) is 68.2 Å². The van der Waals surface area contributed by atoms with Gasteiger partial charge in [0.1, 0.15) is 4.88 Å². The SMILES string of the molecule is COC(=O)c1ccc(C=CCN2C(=O)CC[C@@H]2CC[C@@H](O)[C@@H](C)CCCCCc2ccccc2)s1. The molecular formula is C29H39NO4S. The van der Waals surface area contributed by atoms with E-state index in [4.69, 9.17) is 4.74 Å². The van der Waals surface area contributed by atoms with Gasteiger partial charge in [-0.15, -0.1) is 11.3 Å². The number of hydrogen-bond acceptors (Lipinski definition) is 5.